The van der Waals surface area contributed by atoms with Crippen molar-refractivity contribution >= 4 is 10.9 Å². The molecule has 2 rings (SSSR count). The van der Waals surface area contributed by atoms with Crippen molar-refractivity contribution in [1.82, 2.24) is 10.2 Å². The molecule has 0 radical (unpaired) electrons. The van der Waals surface area contributed by atoms with Crippen LogP contribution in [0.5, 0.6) is 0 Å². The number of hydrogen-bond acceptors (Lipinski definition) is 2. The van der Waals surface area contributed by atoms with E-state index in [0.717, 1.165) is 11.2 Å². The fraction of sp³-hybridized carbons (Fsp3) is 0.500. The summed E-state index contributed by atoms with van der Waals surface area (Å²) in [7, 11) is 0. The molecule has 0 saturated carbocycles. The number of hydrogen-bond donors (Lipinski definition) is 0. The van der Waals surface area contributed by atoms with E-state index >= 15 is 0 Å². The molecule has 0 unspecified atom stereocenters. The average Bonchev–Trinajstić information content (AvgIpc) is 2.24. The van der Waals surface area contributed by atoms with E-state index in [0.29, 0.717) is 0 Å². The van der Waals surface area contributed by atoms with Gasteiger partial charge in [-0.2, -0.15) is 10.2 Å². The first kappa shape index (κ1) is 13.0. The second kappa shape index (κ2) is 4.04. The molecule has 0 amide bonds. The second-order valence-electron chi connectivity index (χ2n) is 6.94. The molecule has 1 aromatic carbocycles. The first-order valence-electron chi connectivity index (χ1n) is 6.47. The van der Waals surface area contributed by atoms with Gasteiger partial charge in [-0.3, -0.25) is 0 Å². The minimum Gasteiger partial charge on any atom is -0.154 e. The lowest BCUT2D eigenvalue weighted by atomic mass is 9.77. The summed E-state index contributed by atoms with van der Waals surface area (Å²) in [6.07, 6.45) is 0. The first-order valence-corrected chi connectivity index (χ1v) is 6.47. The van der Waals surface area contributed by atoms with E-state index in [2.05, 4.69) is 63.9 Å². The number of benzene rings is 1. The largest absolute Gasteiger partial charge is 0.154 e. The van der Waals surface area contributed by atoms with Crippen LogP contribution in [-0.2, 0) is 10.8 Å². The molecule has 2 nitrogen and oxygen atoms in total. The average molecular weight is 242 g/mol. The van der Waals surface area contributed by atoms with Gasteiger partial charge in [0.15, 0.2) is 0 Å². The molecular weight excluding hydrogens is 220 g/mol. The Morgan fingerprint density at radius 1 is 0.778 bits per heavy atom. The van der Waals surface area contributed by atoms with Crippen LogP contribution in [0.15, 0.2) is 24.3 Å². The van der Waals surface area contributed by atoms with Crippen molar-refractivity contribution in [1.29, 1.82) is 0 Å². The van der Waals surface area contributed by atoms with Gasteiger partial charge in [-0.25, -0.2) is 0 Å². The molecule has 0 N–H and O–H groups in total. The number of fused-ring (bicyclic) bond motifs is 1. The summed E-state index contributed by atoms with van der Waals surface area (Å²) in [5.41, 5.74) is 3.49. The summed E-state index contributed by atoms with van der Waals surface area (Å²) in [6.45, 7) is 13.3. The molecule has 0 bridgehead atoms. The van der Waals surface area contributed by atoms with Crippen molar-refractivity contribution in [2.45, 2.75) is 52.4 Å². The van der Waals surface area contributed by atoms with Gasteiger partial charge < -0.3 is 0 Å². The normalized spacial score (nSPS) is 13.0. The van der Waals surface area contributed by atoms with Crippen molar-refractivity contribution in [3.8, 4) is 0 Å². The van der Waals surface area contributed by atoms with Crippen molar-refractivity contribution < 1.29 is 0 Å². The summed E-state index contributed by atoms with van der Waals surface area (Å²) in [6, 6.07) is 8.27. The first-order chi connectivity index (χ1) is 8.21. The maximum Gasteiger partial charge on any atom is 0.0932 e. The molecule has 0 spiro atoms. The molecule has 0 saturated heterocycles. The van der Waals surface area contributed by atoms with Crippen LogP contribution >= 0.6 is 0 Å². The highest BCUT2D eigenvalue weighted by molar-refractivity contribution is 5.83. The Morgan fingerprint density at radius 2 is 1.39 bits per heavy atom. The minimum atomic E-state index is 0.0135. The van der Waals surface area contributed by atoms with Crippen LogP contribution in [0.2, 0.25) is 0 Å². The maximum absolute atomic E-state index is 4.49. The van der Waals surface area contributed by atoms with Crippen LogP contribution in [0.25, 0.3) is 10.9 Å². The molecule has 2 heteroatoms. The van der Waals surface area contributed by atoms with Crippen molar-refractivity contribution in [3.63, 3.8) is 0 Å². The monoisotopic (exact) mass is 242 g/mol. The van der Waals surface area contributed by atoms with Gasteiger partial charge in [0.05, 0.1) is 11.2 Å². The van der Waals surface area contributed by atoms with Gasteiger partial charge in [0, 0.05) is 10.8 Å². The topological polar surface area (TPSA) is 25.8 Å². The quantitative estimate of drug-likeness (QED) is 0.691. The van der Waals surface area contributed by atoms with E-state index in [1.165, 1.54) is 10.9 Å². The van der Waals surface area contributed by atoms with Crippen LogP contribution < -0.4 is 0 Å². The summed E-state index contributed by atoms with van der Waals surface area (Å²) < 4.78 is 0. The van der Waals surface area contributed by atoms with Gasteiger partial charge in [0.2, 0.25) is 0 Å². The molecule has 96 valence electrons. The van der Waals surface area contributed by atoms with Crippen molar-refractivity contribution in [2.75, 3.05) is 0 Å². The zero-order valence-corrected chi connectivity index (χ0v) is 12.2. The van der Waals surface area contributed by atoms with Gasteiger partial charge >= 0.3 is 0 Å². The number of nitrogens with zero attached hydrogens (tertiary/aromatic N) is 2. The Kier molecular flexibility index (Phi) is 2.92. The van der Waals surface area contributed by atoms with Crippen LogP contribution in [0.3, 0.4) is 0 Å². The van der Waals surface area contributed by atoms with Gasteiger partial charge in [-0.15, -0.1) is 0 Å². The molecule has 0 fully saturated rings. The Hall–Kier alpha value is -1.44. The Labute approximate surface area is 109 Å². The summed E-state index contributed by atoms with van der Waals surface area (Å²) in [5.74, 6) is 0. The highest BCUT2D eigenvalue weighted by Crippen LogP contribution is 2.36. The van der Waals surface area contributed by atoms with Crippen LogP contribution in [0.4, 0.5) is 0 Å². The molecule has 0 aliphatic heterocycles. The lowest BCUT2D eigenvalue weighted by molar-refractivity contribution is 0.511. The van der Waals surface area contributed by atoms with Gasteiger partial charge in [-0.05, 0) is 17.0 Å². The third-order valence-corrected chi connectivity index (χ3v) is 3.13. The Balaban J connectivity index is 2.89. The Morgan fingerprint density at radius 3 is 1.94 bits per heavy atom. The van der Waals surface area contributed by atoms with Crippen molar-refractivity contribution in [3.05, 3.63) is 35.5 Å². The fourth-order valence-corrected chi connectivity index (χ4v) is 2.34. The molecule has 0 atom stereocenters. The predicted molar refractivity (Wildman–Crippen MR) is 76.9 cm³/mol. The Bertz CT molecular complexity index is 572. The standard InChI is InChI=1S/C16H22N2/c1-15(2,3)13-11-9-7-8-10-12(11)17-18-14(13)16(4,5)6/h7-10H,1-6H3. The highest BCUT2D eigenvalue weighted by atomic mass is 15.1. The van der Waals surface area contributed by atoms with E-state index in [9.17, 15) is 0 Å². The van der Waals surface area contributed by atoms with Crippen molar-refractivity contribution in [2.24, 2.45) is 0 Å². The number of aromatic nitrogens is 2. The zero-order chi connectivity index (χ0) is 13.6. The molecule has 18 heavy (non-hydrogen) atoms. The van der Waals surface area contributed by atoms with E-state index in [1.54, 1.807) is 0 Å². The summed E-state index contributed by atoms with van der Waals surface area (Å²) in [5, 5.41) is 10.1. The second-order valence-corrected chi connectivity index (χ2v) is 6.94. The SMILES string of the molecule is CC(C)(C)c1nnc2ccccc2c1C(C)(C)C. The molecular formula is C16H22N2. The van der Waals surface area contributed by atoms with Gasteiger partial charge in [-0.1, -0.05) is 59.7 Å². The highest BCUT2D eigenvalue weighted by Gasteiger charge is 2.28. The van der Waals surface area contributed by atoms with Gasteiger partial charge in [0.1, 0.15) is 0 Å². The van der Waals surface area contributed by atoms with E-state index in [-0.39, 0.29) is 10.8 Å². The van der Waals surface area contributed by atoms with Crippen LogP contribution in [-0.4, -0.2) is 10.2 Å². The molecule has 2 aromatic rings. The van der Waals surface area contributed by atoms with E-state index in [1.807, 2.05) is 12.1 Å². The molecule has 0 aliphatic carbocycles. The van der Waals surface area contributed by atoms with Crippen LogP contribution in [0.1, 0.15) is 52.8 Å². The summed E-state index contributed by atoms with van der Waals surface area (Å²) >= 11 is 0. The minimum absolute atomic E-state index is 0.0135. The smallest absolute Gasteiger partial charge is 0.0932 e. The number of rotatable bonds is 0. The molecule has 1 heterocycles. The fourth-order valence-electron chi connectivity index (χ4n) is 2.34. The maximum atomic E-state index is 4.49. The molecule has 1 aromatic heterocycles. The molecule has 0 aliphatic rings. The third-order valence-electron chi connectivity index (χ3n) is 3.13. The van der Waals surface area contributed by atoms with E-state index < -0.39 is 0 Å². The third kappa shape index (κ3) is 2.24. The predicted octanol–water partition coefficient (Wildman–Crippen LogP) is 4.22. The van der Waals surface area contributed by atoms with E-state index in [4.69, 9.17) is 0 Å². The lowest BCUT2D eigenvalue weighted by Crippen LogP contribution is -2.24. The van der Waals surface area contributed by atoms with Gasteiger partial charge in [0.25, 0.3) is 0 Å². The lowest BCUT2D eigenvalue weighted by Gasteiger charge is -2.29. The summed E-state index contributed by atoms with van der Waals surface area (Å²) in [4.78, 5) is 0. The zero-order valence-electron chi connectivity index (χ0n) is 12.2. The van der Waals surface area contributed by atoms with Crippen LogP contribution in [0, 0.1) is 0 Å².